The summed E-state index contributed by atoms with van der Waals surface area (Å²) in [6.45, 7) is 1.12. The predicted octanol–water partition coefficient (Wildman–Crippen LogP) is 2.93. The van der Waals surface area contributed by atoms with E-state index in [-0.39, 0.29) is 18.9 Å². The molecule has 2 heterocycles. The highest BCUT2D eigenvalue weighted by Gasteiger charge is 2.20. The van der Waals surface area contributed by atoms with E-state index in [9.17, 15) is 19.5 Å². The number of para-hydroxylation sites is 1. The van der Waals surface area contributed by atoms with Gasteiger partial charge in [-0.25, -0.2) is 14.6 Å². The molecule has 5 N–H and O–H groups in total. The lowest BCUT2D eigenvalue weighted by molar-refractivity contribution is -0.139. The van der Waals surface area contributed by atoms with E-state index in [0.717, 1.165) is 50.2 Å². The molecular formula is C24H31N5O4. The number of benzene rings is 1. The van der Waals surface area contributed by atoms with Crippen LogP contribution in [0.1, 0.15) is 43.4 Å². The summed E-state index contributed by atoms with van der Waals surface area (Å²) in [5.74, 6) is -0.303. The zero-order chi connectivity index (χ0) is 23.5. The van der Waals surface area contributed by atoms with Gasteiger partial charge in [0.25, 0.3) is 0 Å². The number of amides is 3. The van der Waals surface area contributed by atoms with Crippen LogP contribution in [0.15, 0.2) is 42.5 Å². The number of carbonyl (C=O) groups is 3. The fraction of sp³-hybridized carbons (Fsp3) is 0.417. The van der Waals surface area contributed by atoms with Crippen molar-refractivity contribution in [2.75, 3.05) is 23.7 Å². The van der Waals surface area contributed by atoms with Crippen molar-refractivity contribution in [3.8, 4) is 0 Å². The van der Waals surface area contributed by atoms with Crippen LogP contribution in [0.25, 0.3) is 0 Å². The molecule has 0 spiro atoms. The van der Waals surface area contributed by atoms with E-state index in [1.807, 2.05) is 6.07 Å². The Labute approximate surface area is 193 Å². The van der Waals surface area contributed by atoms with Crippen molar-refractivity contribution in [3.63, 3.8) is 0 Å². The van der Waals surface area contributed by atoms with Gasteiger partial charge in [0.05, 0.1) is 0 Å². The first-order chi connectivity index (χ1) is 16.0. The van der Waals surface area contributed by atoms with Gasteiger partial charge in [0.2, 0.25) is 5.91 Å². The van der Waals surface area contributed by atoms with Gasteiger partial charge < -0.3 is 26.4 Å². The van der Waals surface area contributed by atoms with E-state index >= 15 is 0 Å². The average molecular weight is 454 g/mol. The molecule has 1 atom stereocenters. The molecule has 0 bridgehead atoms. The number of carboxylic acid groups (broad SMARTS) is 1. The summed E-state index contributed by atoms with van der Waals surface area (Å²) in [6, 6.07) is 11.2. The summed E-state index contributed by atoms with van der Waals surface area (Å²) in [5, 5.41) is 20.4. The molecule has 176 valence electrons. The Balaban J connectivity index is 1.31. The van der Waals surface area contributed by atoms with Crippen LogP contribution < -0.4 is 21.3 Å². The molecule has 1 aliphatic rings. The Morgan fingerprint density at radius 1 is 1.09 bits per heavy atom. The number of carbonyl (C=O) groups excluding carboxylic acids is 2. The molecule has 1 aromatic carbocycles. The number of aryl methyl sites for hydroxylation is 2. The van der Waals surface area contributed by atoms with Gasteiger partial charge in [-0.2, -0.15) is 0 Å². The van der Waals surface area contributed by atoms with Crippen LogP contribution in [0.5, 0.6) is 0 Å². The van der Waals surface area contributed by atoms with Crippen LogP contribution in [0.4, 0.5) is 16.3 Å². The lowest BCUT2D eigenvalue weighted by atomic mass is 10.1. The quantitative estimate of drug-likeness (QED) is 0.332. The topological polar surface area (TPSA) is 132 Å². The molecule has 0 fully saturated rings. The number of unbranched alkanes of at least 4 members (excludes halogenated alkanes) is 1. The number of nitrogens with one attached hydrogen (secondary N) is 4. The molecule has 0 saturated carbocycles. The Hall–Kier alpha value is -3.62. The van der Waals surface area contributed by atoms with E-state index in [2.05, 4.69) is 38.4 Å². The molecule has 3 rings (SSSR count). The molecule has 1 aromatic heterocycles. The zero-order valence-corrected chi connectivity index (χ0v) is 18.6. The van der Waals surface area contributed by atoms with Crippen molar-refractivity contribution in [2.45, 2.75) is 51.0 Å². The predicted molar refractivity (Wildman–Crippen MR) is 126 cm³/mol. The monoisotopic (exact) mass is 453 g/mol. The maximum atomic E-state index is 12.1. The third-order valence-electron chi connectivity index (χ3n) is 5.43. The number of aliphatic carboxylic acids is 1. The number of aromatic nitrogens is 1. The molecule has 0 saturated heterocycles. The molecule has 0 radical (unpaired) electrons. The standard InChI is InChI=1S/C24H31N5O4/c30-21(11-5-4-10-19-13-12-17-7-6-15-26-22(17)27-19)25-16-14-20(23(31)32)29-24(33)28-18-8-2-1-3-9-18/h1-3,8-9,12-13,20H,4-7,10-11,14-16H2,(H,25,30)(H,26,27)(H,31,32)(H2,28,29,33)/t20-/m1/s1. The number of fused-ring (bicyclic) bond motifs is 1. The molecule has 3 amide bonds. The number of urea groups is 1. The fourth-order valence-electron chi connectivity index (χ4n) is 3.65. The maximum absolute atomic E-state index is 12.1. The van der Waals surface area contributed by atoms with Gasteiger partial charge in [0.15, 0.2) is 0 Å². The molecule has 9 heteroatoms. The highest BCUT2D eigenvalue weighted by molar-refractivity contribution is 5.92. The van der Waals surface area contributed by atoms with Crippen LogP contribution in [-0.4, -0.2) is 47.1 Å². The van der Waals surface area contributed by atoms with E-state index in [1.54, 1.807) is 24.3 Å². The Kier molecular flexibility index (Phi) is 9.05. The van der Waals surface area contributed by atoms with Gasteiger partial charge in [-0.3, -0.25) is 4.79 Å². The van der Waals surface area contributed by atoms with Crippen molar-refractivity contribution in [2.24, 2.45) is 0 Å². The van der Waals surface area contributed by atoms with Gasteiger partial charge in [0, 0.05) is 30.9 Å². The van der Waals surface area contributed by atoms with Gasteiger partial charge in [0.1, 0.15) is 11.9 Å². The molecular weight excluding hydrogens is 422 g/mol. The second-order valence-electron chi connectivity index (χ2n) is 8.04. The number of anilines is 2. The van der Waals surface area contributed by atoms with Crippen LogP contribution in [-0.2, 0) is 22.4 Å². The van der Waals surface area contributed by atoms with E-state index in [1.165, 1.54) is 5.56 Å². The minimum absolute atomic E-state index is 0.0926. The van der Waals surface area contributed by atoms with Crippen LogP contribution in [0, 0.1) is 0 Å². The van der Waals surface area contributed by atoms with Crippen LogP contribution in [0.3, 0.4) is 0 Å². The summed E-state index contributed by atoms with van der Waals surface area (Å²) in [5.41, 5.74) is 2.85. The van der Waals surface area contributed by atoms with Gasteiger partial charge >= 0.3 is 12.0 Å². The van der Waals surface area contributed by atoms with Crippen molar-refractivity contribution >= 4 is 29.4 Å². The first-order valence-electron chi connectivity index (χ1n) is 11.4. The van der Waals surface area contributed by atoms with Gasteiger partial charge in [-0.15, -0.1) is 0 Å². The van der Waals surface area contributed by atoms with Crippen molar-refractivity contribution in [3.05, 3.63) is 53.7 Å². The summed E-state index contributed by atoms with van der Waals surface area (Å²) in [6.07, 6.45) is 5.03. The first-order valence-corrected chi connectivity index (χ1v) is 11.4. The lowest BCUT2D eigenvalue weighted by Gasteiger charge is -2.17. The first kappa shape index (κ1) is 24.0. The Morgan fingerprint density at radius 2 is 1.91 bits per heavy atom. The molecule has 0 aliphatic carbocycles. The molecule has 9 nitrogen and oxygen atoms in total. The minimum atomic E-state index is -1.15. The van der Waals surface area contributed by atoms with Crippen LogP contribution >= 0.6 is 0 Å². The average Bonchev–Trinajstić information content (AvgIpc) is 2.81. The molecule has 0 unspecified atom stereocenters. The number of pyridine rings is 1. The largest absolute Gasteiger partial charge is 0.480 e. The van der Waals surface area contributed by atoms with E-state index in [4.69, 9.17) is 0 Å². The maximum Gasteiger partial charge on any atom is 0.326 e. The van der Waals surface area contributed by atoms with Gasteiger partial charge in [-0.1, -0.05) is 24.3 Å². The van der Waals surface area contributed by atoms with Crippen molar-refractivity contribution in [1.29, 1.82) is 0 Å². The van der Waals surface area contributed by atoms with E-state index in [0.29, 0.717) is 12.1 Å². The Bertz CT molecular complexity index is 951. The molecule has 1 aliphatic heterocycles. The second-order valence-corrected chi connectivity index (χ2v) is 8.04. The van der Waals surface area contributed by atoms with Crippen LogP contribution in [0.2, 0.25) is 0 Å². The fourth-order valence-corrected chi connectivity index (χ4v) is 3.65. The number of hydrogen-bond donors (Lipinski definition) is 5. The Morgan fingerprint density at radius 3 is 2.70 bits per heavy atom. The summed E-state index contributed by atoms with van der Waals surface area (Å²) in [7, 11) is 0. The third-order valence-corrected chi connectivity index (χ3v) is 5.43. The lowest BCUT2D eigenvalue weighted by Crippen LogP contribution is -2.44. The highest BCUT2D eigenvalue weighted by Crippen LogP contribution is 2.20. The number of nitrogens with zero attached hydrogens (tertiary/aromatic N) is 1. The number of carboxylic acids is 1. The SMILES string of the molecule is O=C(CCCCc1ccc2c(n1)NCCC2)NCC[C@@H](NC(=O)Nc1ccccc1)C(=O)O. The minimum Gasteiger partial charge on any atom is -0.480 e. The zero-order valence-electron chi connectivity index (χ0n) is 18.6. The molecule has 33 heavy (non-hydrogen) atoms. The summed E-state index contributed by atoms with van der Waals surface area (Å²) >= 11 is 0. The van der Waals surface area contributed by atoms with Crippen molar-refractivity contribution in [1.82, 2.24) is 15.6 Å². The number of hydrogen-bond acceptors (Lipinski definition) is 5. The summed E-state index contributed by atoms with van der Waals surface area (Å²) in [4.78, 5) is 40.2. The smallest absolute Gasteiger partial charge is 0.326 e. The van der Waals surface area contributed by atoms with Crippen molar-refractivity contribution < 1.29 is 19.5 Å². The molecule has 2 aromatic rings. The summed E-state index contributed by atoms with van der Waals surface area (Å²) < 4.78 is 0. The highest BCUT2D eigenvalue weighted by atomic mass is 16.4. The third kappa shape index (κ3) is 8.10. The van der Waals surface area contributed by atoms with E-state index < -0.39 is 18.0 Å². The normalized spacial score (nSPS) is 13.2. The van der Waals surface area contributed by atoms with Gasteiger partial charge in [-0.05, 0) is 62.3 Å². The number of rotatable bonds is 11. The second kappa shape index (κ2) is 12.4.